The minimum Gasteiger partial charge on any atom is -0.367 e. The Bertz CT molecular complexity index is 517. The number of nitrogens with one attached hydrogen (secondary N) is 3. The van der Waals surface area contributed by atoms with Gasteiger partial charge in [-0.1, -0.05) is 6.07 Å². The number of thiophene rings is 1. The van der Waals surface area contributed by atoms with Gasteiger partial charge in [0.15, 0.2) is 0 Å². The Morgan fingerprint density at radius 3 is 3.00 bits per heavy atom. The summed E-state index contributed by atoms with van der Waals surface area (Å²) in [7, 11) is 0. The van der Waals surface area contributed by atoms with Crippen molar-refractivity contribution in [2.45, 2.75) is 13.0 Å². The molecule has 0 aliphatic carbocycles. The molecule has 3 N–H and O–H groups in total. The van der Waals surface area contributed by atoms with Gasteiger partial charge in [-0.05, 0) is 18.4 Å². The molecule has 20 heavy (non-hydrogen) atoms. The summed E-state index contributed by atoms with van der Waals surface area (Å²) in [5.41, 5.74) is 0. The van der Waals surface area contributed by atoms with Gasteiger partial charge in [-0.2, -0.15) is 0 Å². The van der Waals surface area contributed by atoms with Crippen molar-refractivity contribution in [3.8, 4) is 0 Å². The van der Waals surface area contributed by atoms with E-state index in [0.29, 0.717) is 18.9 Å². The summed E-state index contributed by atoms with van der Waals surface area (Å²) in [6.07, 6.45) is 4.87. The fourth-order valence-corrected chi connectivity index (χ4v) is 2.35. The van der Waals surface area contributed by atoms with Crippen LogP contribution in [0.1, 0.15) is 17.8 Å². The van der Waals surface area contributed by atoms with E-state index in [0.717, 1.165) is 4.88 Å². The Kier molecular flexibility index (Phi) is 5.31. The van der Waals surface area contributed by atoms with Gasteiger partial charge in [0, 0.05) is 30.4 Å². The second-order valence-electron chi connectivity index (χ2n) is 4.15. The summed E-state index contributed by atoms with van der Waals surface area (Å²) in [5.74, 6) is 0.696. The fraction of sp³-hybridized carbons (Fsp3) is 0.308. The fourth-order valence-electron chi connectivity index (χ4n) is 1.61. The summed E-state index contributed by atoms with van der Waals surface area (Å²) in [4.78, 5) is 20.8. The molecule has 2 aromatic heterocycles. The second kappa shape index (κ2) is 7.44. The Morgan fingerprint density at radius 1 is 1.40 bits per heavy atom. The zero-order valence-electron chi connectivity index (χ0n) is 11.2. The summed E-state index contributed by atoms with van der Waals surface area (Å²) in [5, 5.41) is 10.7. The molecule has 2 rings (SSSR count). The van der Waals surface area contributed by atoms with Crippen LogP contribution in [0.2, 0.25) is 0 Å². The van der Waals surface area contributed by atoms with Crippen LogP contribution in [0, 0.1) is 0 Å². The zero-order chi connectivity index (χ0) is 14.2. The third-order valence-electron chi connectivity index (χ3n) is 2.60. The molecule has 1 atom stereocenters. The zero-order valence-corrected chi connectivity index (χ0v) is 12.0. The predicted octanol–water partition coefficient (Wildman–Crippen LogP) is 2.01. The van der Waals surface area contributed by atoms with Crippen LogP contribution in [-0.2, 0) is 0 Å². The highest BCUT2D eigenvalue weighted by atomic mass is 32.1. The van der Waals surface area contributed by atoms with Crippen molar-refractivity contribution < 1.29 is 4.79 Å². The van der Waals surface area contributed by atoms with Crippen molar-refractivity contribution in [3.63, 3.8) is 0 Å². The van der Waals surface area contributed by atoms with Crippen LogP contribution in [-0.4, -0.2) is 29.1 Å². The number of hydrogen-bond donors (Lipinski definition) is 3. The number of anilines is 1. The number of hydrogen-bond acceptors (Lipinski definition) is 5. The van der Waals surface area contributed by atoms with Crippen LogP contribution >= 0.6 is 11.3 Å². The number of rotatable bonds is 6. The second-order valence-corrected chi connectivity index (χ2v) is 5.13. The molecule has 0 aliphatic heterocycles. The molecule has 7 heteroatoms. The van der Waals surface area contributed by atoms with E-state index in [4.69, 9.17) is 0 Å². The lowest BCUT2D eigenvalue weighted by Crippen LogP contribution is -2.39. The van der Waals surface area contributed by atoms with Gasteiger partial charge in [0.05, 0.1) is 12.2 Å². The molecule has 2 amide bonds. The number of carbonyl (C=O) groups is 1. The van der Waals surface area contributed by atoms with E-state index < -0.39 is 0 Å². The van der Waals surface area contributed by atoms with Crippen LogP contribution in [0.15, 0.2) is 36.1 Å². The molecule has 0 radical (unpaired) electrons. The normalized spacial score (nSPS) is 11.7. The Morgan fingerprint density at radius 2 is 2.30 bits per heavy atom. The van der Waals surface area contributed by atoms with E-state index in [1.54, 1.807) is 29.9 Å². The highest BCUT2D eigenvalue weighted by molar-refractivity contribution is 7.10. The number of carbonyl (C=O) groups excluding carboxylic acids is 1. The first kappa shape index (κ1) is 14.3. The van der Waals surface area contributed by atoms with Gasteiger partial charge in [0.25, 0.3) is 0 Å². The Labute approximate surface area is 121 Å². The number of urea groups is 1. The van der Waals surface area contributed by atoms with Crippen molar-refractivity contribution in [2.75, 3.05) is 18.4 Å². The molecule has 0 unspecified atom stereocenters. The minimum absolute atomic E-state index is 0.0166. The molecule has 0 saturated heterocycles. The van der Waals surface area contributed by atoms with E-state index >= 15 is 0 Å². The van der Waals surface area contributed by atoms with Crippen LogP contribution in [0.3, 0.4) is 0 Å². The summed E-state index contributed by atoms with van der Waals surface area (Å²) >= 11 is 1.63. The summed E-state index contributed by atoms with van der Waals surface area (Å²) in [6, 6.07) is 3.82. The first-order valence-corrected chi connectivity index (χ1v) is 7.21. The molecular weight excluding hydrogens is 274 g/mol. The topological polar surface area (TPSA) is 78.9 Å². The van der Waals surface area contributed by atoms with Crippen LogP contribution in [0.25, 0.3) is 0 Å². The molecule has 0 bridgehead atoms. The molecule has 0 spiro atoms. The molecule has 2 aromatic rings. The third-order valence-corrected chi connectivity index (χ3v) is 3.65. The highest BCUT2D eigenvalue weighted by Gasteiger charge is 2.09. The van der Waals surface area contributed by atoms with E-state index in [-0.39, 0.29) is 12.1 Å². The van der Waals surface area contributed by atoms with Crippen molar-refractivity contribution in [3.05, 3.63) is 41.0 Å². The monoisotopic (exact) mass is 291 g/mol. The molecule has 6 nitrogen and oxygen atoms in total. The molecule has 0 aliphatic rings. The average Bonchev–Trinajstić information content (AvgIpc) is 2.99. The first-order chi connectivity index (χ1) is 9.75. The molecule has 0 saturated carbocycles. The highest BCUT2D eigenvalue weighted by Crippen LogP contribution is 2.17. The lowest BCUT2D eigenvalue weighted by Gasteiger charge is -2.13. The molecule has 2 heterocycles. The molecular formula is C13H17N5OS. The van der Waals surface area contributed by atoms with E-state index in [2.05, 4.69) is 25.9 Å². The maximum absolute atomic E-state index is 11.7. The Balaban J connectivity index is 1.63. The van der Waals surface area contributed by atoms with Gasteiger partial charge >= 0.3 is 6.03 Å². The lowest BCUT2D eigenvalue weighted by atomic mass is 10.3. The first-order valence-electron chi connectivity index (χ1n) is 6.33. The van der Waals surface area contributed by atoms with Gasteiger partial charge in [0.2, 0.25) is 0 Å². The number of nitrogens with zero attached hydrogens (tertiary/aromatic N) is 2. The predicted molar refractivity (Wildman–Crippen MR) is 79.8 cm³/mol. The standard InChI is InChI=1S/C13H17N5OS/c1-10(11-3-2-8-20-11)18-13(19)17-7-6-16-12-9-14-4-5-15-12/h2-5,8-10H,6-7H2,1H3,(H,15,16)(H2,17,18,19)/t10-/m1/s1. The largest absolute Gasteiger partial charge is 0.367 e. The van der Waals surface area contributed by atoms with Crippen molar-refractivity contribution in [1.82, 2.24) is 20.6 Å². The molecule has 0 aromatic carbocycles. The van der Waals surface area contributed by atoms with Crippen LogP contribution in [0.4, 0.5) is 10.6 Å². The van der Waals surface area contributed by atoms with Gasteiger partial charge in [-0.25, -0.2) is 9.78 Å². The summed E-state index contributed by atoms with van der Waals surface area (Å²) < 4.78 is 0. The lowest BCUT2D eigenvalue weighted by molar-refractivity contribution is 0.238. The number of aromatic nitrogens is 2. The van der Waals surface area contributed by atoms with Crippen LogP contribution < -0.4 is 16.0 Å². The van der Waals surface area contributed by atoms with Gasteiger partial charge in [0.1, 0.15) is 5.82 Å². The van der Waals surface area contributed by atoms with E-state index in [1.165, 1.54) is 0 Å². The average molecular weight is 291 g/mol. The third kappa shape index (κ3) is 4.51. The van der Waals surface area contributed by atoms with Crippen molar-refractivity contribution in [2.24, 2.45) is 0 Å². The molecule has 0 fully saturated rings. The van der Waals surface area contributed by atoms with Gasteiger partial charge < -0.3 is 16.0 Å². The summed E-state index contributed by atoms with van der Waals surface area (Å²) in [6.45, 7) is 3.07. The van der Waals surface area contributed by atoms with E-state index in [9.17, 15) is 4.79 Å². The van der Waals surface area contributed by atoms with Gasteiger partial charge in [-0.3, -0.25) is 4.98 Å². The molecule has 106 valence electrons. The van der Waals surface area contributed by atoms with E-state index in [1.807, 2.05) is 24.4 Å². The number of amides is 2. The van der Waals surface area contributed by atoms with Crippen molar-refractivity contribution >= 4 is 23.2 Å². The van der Waals surface area contributed by atoms with Crippen molar-refractivity contribution in [1.29, 1.82) is 0 Å². The quantitative estimate of drug-likeness (QED) is 0.711. The SMILES string of the molecule is C[C@@H](NC(=O)NCCNc1cnccn1)c1cccs1. The smallest absolute Gasteiger partial charge is 0.315 e. The minimum atomic E-state index is -0.174. The van der Waals surface area contributed by atoms with Gasteiger partial charge in [-0.15, -0.1) is 11.3 Å². The van der Waals surface area contributed by atoms with Crippen LogP contribution in [0.5, 0.6) is 0 Å². The maximum atomic E-state index is 11.7. The Hall–Kier alpha value is -2.15. The maximum Gasteiger partial charge on any atom is 0.315 e.